The summed E-state index contributed by atoms with van der Waals surface area (Å²) in [6.45, 7) is 1.46. The number of halogens is 2. The van der Waals surface area contributed by atoms with Crippen LogP contribution in [-0.2, 0) is 19.6 Å². The number of amides is 2. The van der Waals surface area contributed by atoms with E-state index in [9.17, 15) is 9.18 Å². The lowest BCUT2D eigenvalue weighted by atomic mass is 10.2. The van der Waals surface area contributed by atoms with Crippen molar-refractivity contribution in [1.29, 1.82) is 0 Å². The van der Waals surface area contributed by atoms with Gasteiger partial charge in [0.15, 0.2) is 0 Å². The third kappa shape index (κ3) is 5.10. The van der Waals surface area contributed by atoms with E-state index in [0.717, 1.165) is 16.8 Å². The molecule has 0 fully saturated rings. The van der Waals surface area contributed by atoms with Crippen molar-refractivity contribution in [2.45, 2.75) is 19.6 Å². The Balaban J connectivity index is 1.50. The van der Waals surface area contributed by atoms with Crippen molar-refractivity contribution in [2.24, 2.45) is 0 Å². The summed E-state index contributed by atoms with van der Waals surface area (Å²) < 4.78 is 14.9. The molecule has 1 heterocycles. The number of aromatic nitrogens is 1. The number of hydrogen-bond acceptors (Lipinski definition) is 1. The lowest BCUT2D eigenvalue weighted by Gasteiger charge is -2.11. The van der Waals surface area contributed by atoms with Gasteiger partial charge in [0, 0.05) is 30.0 Å². The number of rotatable bonds is 6. The quantitative estimate of drug-likeness (QED) is 0.665. The van der Waals surface area contributed by atoms with Crippen LogP contribution in [-0.4, -0.2) is 10.6 Å². The number of urea groups is 1. The van der Waals surface area contributed by atoms with Gasteiger partial charge < -0.3 is 15.2 Å². The van der Waals surface area contributed by atoms with Crippen LogP contribution in [0.25, 0.3) is 0 Å². The molecule has 0 radical (unpaired) electrons. The van der Waals surface area contributed by atoms with Crippen molar-refractivity contribution in [3.63, 3.8) is 0 Å². The lowest BCUT2D eigenvalue weighted by molar-refractivity contribution is 0.240. The highest BCUT2D eigenvalue weighted by molar-refractivity contribution is 6.30. The molecule has 4 nitrogen and oxygen atoms in total. The van der Waals surface area contributed by atoms with Crippen LogP contribution in [0.4, 0.5) is 9.18 Å². The van der Waals surface area contributed by atoms with Gasteiger partial charge in [0.1, 0.15) is 5.82 Å². The highest BCUT2D eigenvalue weighted by atomic mass is 35.5. The Kier molecular flexibility index (Phi) is 5.92. The minimum atomic E-state index is -0.292. The first-order valence-electron chi connectivity index (χ1n) is 8.25. The second-order valence-corrected chi connectivity index (χ2v) is 6.35. The normalized spacial score (nSPS) is 10.5. The molecule has 0 spiro atoms. The summed E-state index contributed by atoms with van der Waals surface area (Å²) in [4.78, 5) is 12.0. The van der Waals surface area contributed by atoms with Crippen molar-refractivity contribution in [3.8, 4) is 0 Å². The maximum Gasteiger partial charge on any atom is 0.315 e. The first-order chi connectivity index (χ1) is 12.6. The molecule has 0 aliphatic rings. The molecule has 0 atom stereocenters. The molecule has 3 aromatic rings. The minimum Gasteiger partial charge on any atom is -0.345 e. The van der Waals surface area contributed by atoms with Gasteiger partial charge in [-0.25, -0.2) is 9.18 Å². The zero-order valence-electron chi connectivity index (χ0n) is 14.1. The Morgan fingerprint density at radius 1 is 0.923 bits per heavy atom. The van der Waals surface area contributed by atoms with Crippen molar-refractivity contribution < 1.29 is 9.18 Å². The van der Waals surface area contributed by atoms with Crippen LogP contribution in [0.2, 0.25) is 5.02 Å². The summed E-state index contributed by atoms with van der Waals surface area (Å²) in [6, 6.07) is 17.4. The molecule has 0 saturated carbocycles. The Labute approximate surface area is 156 Å². The van der Waals surface area contributed by atoms with Gasteiger partial charge in [-0.15, -0.1) is 0 Å². The lowest BCUT2D eigenvalue weighted by Crippen LogP contribution is -2.35. The fraction of sp³-hybridized carbons (Fsp3) is 0.150. The van der Waals surface area contributed by atoms with Gasteiger partial charge in [-0.1, -0.05) is 35.9 Å². The smallest absolute Gasteiger partial charge is 0.315 e. The molecular weight excluding hydrogens is 353 g/mol. The number of nitrogens with zero attached hydrogens (tertiary/aromatic N) is 1. The second-order valence-electron chi connectivity index (χ2n) is 5.92. The van der Waals surface area contributed by atoms with Gasteiger partial charge in [-0.3, -0.25) is 0 Å². The molecule has 2 amide bonds. The molecule has 134 valence electrons. The molecule has 3 rings (SSSR count). The van der Waals surface area contributed by atoms with Gasteiger partial charge in [0.05, 0.1) is 6.54 Å². The summed E-state index contributed by atoms with van der Waals surface area (Å²) in [5, 5.41) is 6.30. The van der Waals surface area contributed by atoms with E-state index >= 15 is 0 Å². The molecule has 2 aromatic carbocycles. The molecule has 26 heavy (non-hydrogen) atoms. The Bertz CT molecular complexity index is 860. The second kappa shape index (κ2) is 8.54. The fourth-order valence-electron chi connectivity index (χ4n) is 2.57. The molecule has 1 aromatic heterocycles. The zero-order valence-corrected chi connectivity index (χ0v) is 14.8. The number of carbonyl (C=O) groups excluding carboxylic acids is 1. The molecule has 0 bridgehead atoms. The minimum absolute atomic E-state index is 0.270. The van der Waals surface area contributed by atoms with E-state index in [2.05, 4.69) is 15.2 Å². The van der Waals surface area contributed by atoms with E-state index in [1.165, 1.54) is 12.1 Å². The van der Waals surface area contributed by atoms with E-state index < -0.39 is 0 Å². The third-order valence-electron chi connectivity index (χ3n) is 3.99. The number of benzene rings is 2. The van der Waals surface area contributed by atoms with Crippen LogP contribution in [0.3, 0.4) is 0 Å². The molecule has 0 saturated heterocycles. The van der Waals surface area contributed by atoms with Gasteiger partial charge in [0.25, 0.3) is 0 Å². The van der Waals surface area contributed by atoms with E-state index in [1.807, 2.05) is 42.6 Å². The van der Waals surface area contributed by atoms with Crippen molar-refractivity contribution in [2.75, 3.05) is 0 Å². The van der Waals surface area contributed by atoms with E-state index in [-0.39, 0.29) is 11.8 Å². The fourth-order valence-corrected chi connectivity index (χ4v) is 2.69. The molecule has 0 unspecified atom stereocenters. The SMILES string of the molecule is O=C(NCc1ccc(F)cc1)NCc1cccn1Cc1ccc(Cl)cc1. The molecule has 0 aliphatic carbocycles. The van der Waals surface area contributed by atoms with Crippen LogP contribution in [0, 0.1) is 5.82 Å². The van der Waals surface area contributed by atoms with Crippen LogP contribution in [0.1, 0.15) is 16.8 Å². The van der Waals surface area contributed by atoms with Gasteiger partial charge in [-0.2, -0.15) is 0 Å². The Morgan fingerprint density at radius 3 is 2.31 bits per heavy atom. The first-order valence-corrected chi connectivity index (χ1v) is 8.62. The van der Waals surface area contributed by atoms with Crippen LogP contribution in [0.5, 0.6) is 0 Å². The van der Waals surface area contributed by atoms with Gasteiger partial charge in [0.2, 0.25) is 0 Å². The molecular formula is C20H19ClFN3O. The predicted molar refractivity (Wildman–Crippen MR) is 100 cm³/mol. The zero-order chi connectivity index (χ0) is 18.4. The largest absolute Gasteiger partial charge is 0.345 e. The van der Waals surface area contributed by atoms with Crippen molar-refractivity contribution >= 4 is 17.6 Å². The average Bonchev–Trinajstić information content (AvgIpc) is 3.08. The topological polar surface area (TPSA) is 46.1 Å². The van der Waals surface area contributed by atoms with E-state index in [1.54, 1.807) is 12.1 Å². The number of hydrogen-bond donors (Lipinski definition) is 2. The van der Waals surface area contributed by atoms with Crippen LogP contribution >= 0.6 is 11.6 Å². The molecule has 6 heteroatoms. The average molecular weight is 372 g/mol. The first kappa shape index (κ1) is 18.0. The Hall–Kier alpha value is -2.79. The standard InChI is InChI=1S/C20H19ClFN3O/c21-17-7-3-16(4-8-17)14-25-11-1-2-19(25)13-24-20(26)23-12-15-5-9-18(22)10-6-15/h1-11H,12-14H2,(H2,23,24,26). The Morgan fingerprint density at radius 2 is 1.58 bits per heavy atom. The predicted octanol–water partition coefficient (Wildman–Crippen LogP) is 4.33. The van der Waals surface area contributed by atoms with Crippen molar-refractivity contribution in [3.05, 3.63) is 94.5 Å². The highest BCUT2D eigenvalue weighted by Gasteiger charge is 2.05. The van der Waals surface area contributed by atoms with E-state index in [0.29, 0.717) is 24.7 Å². The summed E-state index contributed by atoms with van der Waals surface area (Å²) in [5.74, 6) is -0.292. The maximum atomic E-state index is 12.9. The van der Waals surface area contributed by atoms with Gasteiger partial charge >= 0.3 is 6.03 Å². The summed E-state index contributed by atoms with van der Waals surface area (Å²) in [6.07, 6.45) is 1.97. The van der Waals surface area contributed by atoms with Gasteiger partial charge in [-0.05, 0) is 47.5 Å². The molecule has 2 N–H and O–H groups in total. The number of carbonyl (C=O) groups is 1. The van der Waals surface area contributed by atoms with E-state index in [4.69, 9.17) is 11.6 Å². The highest BCUT2D eigenvalue weighted by Crippen LogP contribution is 2.12. The maximum absolute atomic E-state index is 12.9. The third-order valence-corrected chi connectivity index (χ3v) is 4.24. The summed E-state index contributed by atoms with van der Waals surface area (Å²) >= 11 is 5.91. The monoisotopic (exact) mass is 371 g/mol. The van der Waals surface area contributed by atoms with Crippen LogP contribution in [0.15, 0.2) is 66.9 Å². The van der Waals surface area contributed by atoms with Crippen molar-refractivity contribution in [1.82, 2.24) is 15.2 Å². The number of nitrogens with one attached hydrogen (secondary N) is 2. The molecule has 0 aliphatic heterocycles. The van der Waals surface area contributed by atoms with Crippen LogP contribution < -0.4 is 10.6 Å². The summed E-state index contributed by atoms with van der Waals surface area (Å²) in [5.41, 5.74) is 2.97. The summed E-state index contributed by atoms with van der Waals surface area (Å²) in [7, 11) is 0.